The van der Waals surface area contributed by atoms with Gasteiger partial charge in [-0.05, 0) is 32.1 Å². The molecule has 0 spiro atoms. The fourth-order valence-electron chi connectivity index (χ4n) is 1.11. The molecule has 0 saturated carbocycles. The van der Waals surface area contributed by atoms with Crippen LogP contribution in [0.4, 0.5) is 0 Å². The molecule has 0 aliphatic heterocycles. The van der Waals surface area contributed by atoms with Gasteiger partial charge in [-0.2, -0.15) is 11.8 Å². The first-order chi connectivity index (χ1) is 5.81. The van der Waals surface area contributed by atoms with Crippen molar-refractivity contribution in [1.82, 2.24) is 5.32 Å². The molecule has 0 amide bonds. The average Bonchev–Trinajstić information content (AvgIpc) is 2.05. The van der Waals surface area contributed by atoms with E-state index < -0.39 is 0 Å². The molecule has 2 nitrogen and oxygen atoms in total. The highest BCUT2D eigenvalue weighted by molar-refractivity contribution is 7.99. The van der Waals surface area contributed by atoms with Crippen LogP contribution in [0.2, 0.25) is 0 Å². The second-order valence-electron chi connectivity index (χ2n) is 2.94. The lowest BCUT2D eigenvalue weighted by molar-refractivity contribution is 0.322. The molecule has 0 saturated heterocycles. The van der Waals surface area contributed by atoms with Crippen molar-refractivity contribution in [2.45, 2.75) is 32.7 Å². The van der Waals surface area contributed by atoms with Crippen molar-refractivity contribution in [3.05, 3.63) is 0 Å². The summed E-state index contributed by atoms with van der Waals surface area (Å²) in [5, 5.41) is 11.9. The SMILES string of the molecule is CCNC(C)CCCSCCO. The van der Waals surface area contributed by atoms with Gasteiger partial charge >= 0.3 is 0 Å². The Morgan fingerprint density at radius 2 is 2.17 bits per heavy atom. The fraction of sp³-hybridized carbons (Fsp3) is 1.00. The molecule has 12 heavy (non-hydrogen) atoms. The quantitative estimate of drug-likeness (QED) is 0.570. The van der Waals surface area contributed by atoms with Crippen LogP contribution in [0.5, 0.6) is 0 Å². The maximum atomic E-state index is 8.53. The first kappa shape index (κ1) is 12.3. The number of hydrogen-bond acceptors (Lipinski definition) is 3. The third kappa shape index (κ3) is 8.37. The van der Waals surface area contributed by atoms with Crippen LogP contribution in [0, 0.1) is 0 Å². The van der Waals surface area contributed by atoms with Gasteiger partial charge in [0.15, 0.2) is 0 Å². The van der Waals surface area contributed by atoms with Crippen LogP contribution >= 0.6 is 11.8 Å². The van der Waals surface area contributed by atoms with E-state index in [4.69, 9.17) is 5.11 Å². The zero-order valence-corrected chi connectivity index (χ0v) is 8.99. The van der Waals surface area contributed by atoms with E-state index in [1.54, 1.807) is 0 Å². The van der Waals surface area contributed by atoms with Crippen LogP contribution in [0.25, 0.3) is 0 Å². The Morgan fingerprint density at radius 1 is 1.42 bits per heavy atom. The van der Waals surface area contributed by atoms with E-state index in [1.807, 2.05) is 11.8 Å². The molecule has 1 atom stereocenters. The van der Waals surface area contributed by atoms with Crippen molar-refractivity contribution in [3.8, 4) is 0 Å². The summed E-state index contributed by atoms with van der Waals surface area (Å²) in [4.78, 5) is 0. The molecule has 74 valence electrons. The highest BCUT2D eigenvalue weighted by Crippen LogP contribution is 2.05. The highest BCUT2D eigenvalue weighted by Gasteiger charge is 1.98. The number of nitrogens with one attached hydrogen (secondary N) is 1. The summed E-state index contributed by atoms with van der Waals surface area (Å²) in [6.07, 6.45) is 2.49. The molecule has 0 aromatic rings. The highest BCUT2D eigenvalue weighted by atomic mass is 32.2. The molecule has 0 aromatic heterocycles. The minimum atomic E-state index is 0.313. The van der Waals surface area contributed by atoms with E-state index in [1.165, 1.54) is 18.6 Å². The Labute approximate surface area is 80.1 Å². The number of rotatable bonds is 8. The molecule has 0 aliphatic rings. The summed E-state index contributed by atoms with van der Waals surface area (Å²) in [5.41, 5.74) is 0. The summed E-state index contributed by atoms with van der Waals surface area (Å²) < 4.78 is 0. The van der Waals surface area contributed by atoms with Gasteiger partial charge in [0.2, 0.25) is 0 Å². The van der Waals surface area contributed by atoms with E-state index in [-0.39, 0.29) is 0 Å². The standard InChI is InChI=1S/C9H21NOS/c1-3-10-9(2)5-4-7-12-8-6-11/h9-11H,3-8H2,1-2H3. The number of thioether (sulfide) groups is 1. The molecule has 0 fully saturated rings. The molecular formula is C9H21NOS. The molecule has 2 N–H and O–H groups in total. The fourth-order valence-corrected chi connectivity index (χ4v) is 1.81. The Bertz CT molecular complexity index is 90.6. The predicted octanol–water partition coefficient (Wildman–Crippen LogP) is 1.49. The molecular weight excluding hydrogens is 170 g/mol. The number of hydrogen-bond donors (Lipinski definition) is 2. The van der Waals surface area contributed by atoms with Gasteiger partial charge in [0.25, 0.3) is 0 Å². The number of aliphatic hydroxyl groups excluding tert-OH is 1. The molecule has 0 heterocycles. The topological polar surface area (TPSA) is 32.3 Å². The van der Waals surface area contributed by atoms with Crippen molar-refractivity contribution >= 4 is 11.8 Å². The summed E-state index contributed by atoms with van der Waals surface area (Å²) in [5.74, 6) is 2.06. The molecule has 0 radical (unpaired) electrons. The van der Waals surface area contributed by atoms with Gasteiger partial charge in [0, 0.05) is 11.8 Å². The van der Waals surface area contributed by atoms with Crippen molar-refractivity contribution in [3.63, 3.8) is 0 Å². The Morgan fingerprint density at radius 3 is 2.75 bits per heavy atom. The van der Waals surface area contributed by atoms with Gasteiger partial charge in [-0.3, -0.25) is 0 Å². The van der Waals surface area contributed by atoms with Gasteiger partial charge in [-0.25, -0.2) is 0 Å². The van der Waals surface area contributed by atoms with Crippen molar-refractivity contribution in [2.24, 2.45) is 0 Å². The minimum absolute atomic E-state index is 0.313. The molecule has 0 rings (SSSR count). The lowest BCUT2D eigenvalue weighted by atomic mass is 10.2. The Hall–Kier alpha value is 0.270. The summed E-state index contributed by atoms with van der Waals surface area (Å²) in [7, 11) is 0. The van der Waals surface area contributed by atoms with E-state index in [2.05, 4.69) is 19.2 Å². The summed E-state index contributed by atoms with van der Waals surface area (Å²) in [6.45, 7) is 5.73. The van der Waals surface area contributed by atoms with Crippen molar-refractivity contribution in [1.29, 1.82) is 0 Å². The first-order valence-corrected chi connectivity index (χ1v) is 5.88. The third-order valence-electron chi connectivity index (χ3n) is 1.71. The lowest BCUT2D eigenvalue weighted by Gasteiger charge is -2.10. The zero-order chi connectivity index (χ0) is 9.23. The third-order valence-corrected chi connectivity index (χ3v) is 2.76. The minimum Gasteiger partial charge on any atom is -0.396 e. The van der Waals surface area contributed by atoms with Crippen molar-refractivity contribution in [2.75, 3.05) is 24.7 Å². The van der Waals surface area contributed by atoms with E-state index in [0.717, 1.165) is 12.3 Å². The average molecular weight is 191 g/mol. The van der Waals surface area contributed by atoms with Crippen LogP contribution in [0.3, 0.4) is 0 Å². The molecule has 3 heteroatoms. The van der Waals surface area contributed by atoms with Gasteiger partial charge < -0.3 is 10.4 Å². The second kappa shape index (κ2) is 9.36. The maximum absolute atomic E-state index is 8.53. The second-order valence-corrected chi connectivity index (χ2v) is 4.16. The van der Waals surface area contributed by atoms with E-state index in [9.17, 15) is 0 Å². The zero-order valence-electron chi connectivity index (χ0n) is 8.18. The van der Waals surface area contributed by atoms with Gasteiger partial charge in [0.05, 0.1) is 6.61 Å². The monoisotopic (exact) mass is 191 g/mol. The largest absolute Gasteiger partial charge is 0.396 e. The number of aliphatic hydroxyl groups is 1. The predicted molar refractivity (Wildman–Crippen MR) is 56.8 cm³/mol. The van der Waals surface area contributed by atoms with Crippen LogP contribution in [-0.4, -0.2) is 35.8 Å². The summed E-state index contributed by atoms with van der Waals surface area (Å²) in [6, 6.07) is 0.643. The van der Waals surface area contributed by atoms with Gasteiger partial charge in [-0.15, -0.1) is 0 Å². The van der Waals surface area contributed by atoms with Crippen LogP contribution < -0.4 is 5.32 Å². The Kier molecular flexibility index (Phi) is 9.57. The molecule has 0 bridgehead atoms. The van der Waals surface area contributed by atoms with Crippen molar-refractivity contribution < 1.29 is 5.11 Å². The summed E-state index contributed by atoms with van der Waals surface area (Å²) >= 11 is 1.84. The molecule has 0 aromatic carbocycles. The van der Waals surface area contributed by atoms with Crippen LogP contribution in [-0.2, 0) is 0 Å². The normalized spacial score (nSPS) is 13.2. The van der Waals surface area contributed by atoms with Gasteiger partial charge in [0.1, 0.15) is 0 Å². The first-order valence-electron chi connectivity index (χ1n) is 4.73. The van der Waals surface area contributed by atoms with Crippen LogP contribution in [0.1, 0.15) is 26.7 Å². The lowest BCUT2D eigenvalue weighted by Crippen LogP contribution is -2.25. The molecule has 1 unspecified atom stereocenters. The Balaban J connectivity index is 2.97. The van der Waals surface area contributed by atoms with Crippen LogP contribution in [0.15, 0.2) is 0 Å². The van der Waals surface area contributed by atoms with E-state index >= 15 is 0 Å². The van der Waals surface area contributed by atoms with E-state index in [0.29, 0.717) is 12.6 Å². The maximum Gasteiger partial charge on any atom is 0.0521 e. The smallest absolute Gasteiger partial charge is 0.0521 e. The molecule has 0 aliphatic carbocycles. The van der Waals surface area contributed by atoms with Gasteiger partial charge in [-0.1, -0.05) is 6.92 Å².